The highest BCUT2D eigenvalue weighted by Crippen LogP contribution is 2.19. The molecular weight excluding hydrogens is 372 g/mol. The van der Waals surface area contributed by atoms with Crippen molar-refractivity contribution in [1.29, 1.82) is 0 Å². The van der Waals surface area contributed by atoms with Crippen LogP contribution in [0.2, 0.25) is 0 Å². The van der Waals surface area contributed by atoms with Gasteiger partial charge in [-0.25, -0.2) is 0 Å². The molecule has 1 saturated heterocycles. The average molecular weight is 401 g/mol. The highest BCUT2D eigenvalue weighted by atomic mass is 32.2. The predicted octanol–water partition coefficient (Wildman–Crippen LogP) is 3.56. The molecule has 0 aliphatic carbocycles. The Morgan fingerprint density at radius 1 is 1.29 bits per heavy atom. The molecule has 0 radical (unpaired) electrons. The van der Waals surface area contributed by atoms with Gasteiger partial charge in [0.15, 0.2) is 10.7 Å². The molecule has 1 aliphatic heterocycles. The Labute approximate surface area is 170 Å². The van der Waals surface area contributed by atoms with Crippen LogP contribution in [0.25, 0.3) is 0 Å². The van der Waals surface area contributed by atoms with E-state index in [4.69, 9.17) is 4.74 Å². The van der Waals surface area contributed by atoms with Crippen LogP contribution in [0.5, 0.6) is 5.75 Å². The van der Waals surface area contributed by atoms with Crippen molar-refractivity contribution in [1.82, 2.24) is 9.62 Å². The SMILES string of the molecule is CC(=O)c1cccc([S@+]([O-])N[C@@H]2CCN(Cc3ccc(OC(C)C)cc3)C2)c1. The molecule has 2 aromatic rings. The highest BCUT2D eigenvalue weighted by Gasteiger charge is 2.27. The average Bonchev–Trinajstić information content (AvgIpc) is 3.09. The van der Waals surface area contributed by atoms with E-state index in [9.17, 15) is 9.35 Å². The normalized spacial score (nSPS) is 18.4. The predicted molar refractivity (Wildman–Crippen MR) is 112 cm³/mol. The maximum Gasteiger partial charge on any atom is 0.174 e. The van der Waals surface area contributed by atoms with Crippen molar-refractivity contribution in [3.05, 3.63) is 59.7 Å². The van der Waals surface area contributed by atoms with Crippen LogP contribution in [-0.4, -0.2) is 40.5 Å². The van der Waals surface area contributed by atoms with E-state index in [1.165, 1.54) is 12.5 Å². The van der Waals surface area contributed by atoms with Crippen molar-refractivity contribution in [2.45, 2.75) is 50.8 Å². The van der Waals surface area contributed by atoms with E-state index in [1.807, 2.05) is 26.0 Å². The number of benzene rings is 2. The highest BCUT2D eigenvalue weighted by molar-refractivity contribution is 7.89. The van der Waals surface area contributed by atoms with Gasteiger partial charge >= 0.3 is 0 Å². The summed E-state index contributed by atoms with van der Waals surface area (Å²) in [5, 5.41) is 0. The maximum absolute atomic E-state index is 12.6. The lowest BCUT2D eigenvalue weighted by atomic mass is 10.2. The van der Waals surface area contributed by atoms with Crippen molar-refractivity contribution >= 4 is 17.1 Å². The van der Waals surface area contributed by atoms with E-state index in [0.29, 0.717) is 10.5 Å². The molecule has 0 aromatic heterocycles. The lowest BCUT2D eigenvalue weighted by molar-refractivity contribution is 0.101. The molecule has 2 atom stereocenters. The Hall–Kier alpha value is -1.86. The molecule has 150 valence electrons. The molecule has 0 spiro atoms. The van der Waals surface area contributed by atoms with Crippen molar-refractivity contribution < 1.29 is 14.1 Å². The number of nitrogens with zero attached hydrogens (tertiary/aromatic N) is 1. The van der Waals surface area contributed by atoms with Gasteiger partial charge in [0, 0.05) is 31.3 Å². The summed E-state index contributed by atoms with van der Waals surface area (Å²) in [5.41, 5.74) is 1.83. The molecule has 0 unspecified atom stereocenters. The summed E-state index contributed by atoms with van der Waals surface area (Å²) in [6, 6.07) is 15.4. The van der Waals surface area contributed by atoms with Crippen molar-refractivity contribution in [3.63, 3.8) is 0 Å². The van der Waals surface area contributed by atoms with E-state index in [0.717, 1.165) is 31.8 Å². The third-order valence-corrected chi connectivity index (χ3v) is 5.93. The van der Waals surface area contributed by atoms with E-state index < -0.39 is 11.4 Å². The van der Waals surface area contributed by atoms with E-state index in [1.54, 1.807) is 24.3 Å². The fraction of sp³-hybridized carbons (Fsp3) is 0.409. The van der Waals surface area contributed by atoms with E-state index in [-0.39, 0.29) is 17.9 Å². The van der Waals surface area contributed by atoms with Crippen LogP contribution in [0.4, 0.5) is 0 Å². The smallest absolute Gasteiger partial charge is 0.174 e. The molecule has 1 aliphatic rings. The number of ketones is 1. The Bertz CT molecular complexity index is 795. The molecule has 0 amide bonds. The number of Topliss-reactive ketones (excluding diaryl/α,β-unsaturated/α-hetero) is 1. The van der Waals surface area contributed by atoms with Gasteiger partial charge in [0.2, 0.25) is 0 Å². The summed E-state index contributed by atoms with van der Waals surface area (Å²) < 4.78 is 21.5. The number of carbonyl (C=O) groups excluding carboxylic acids is 1. The number of likely N-dealkylation sites (tertiary alicyclic amines) is 1. The van der Waals surface area contributed by atoms with Crippen molar-refractivity contribution in [3.8, 4) is 5.75 Å². The Morgan fingerprint density at radius 2 is 2.04 bits per heavy atom. The summed E-state index contributed by atoms with van der Waals surface area (Å²) >= 11 is -1.32. The summed E-state index contributed by atoms with van der Waals surface area (Å²) in [4.78, 5) is 14.5. The molecule has 1 fully saturated rings. The van der Waals surface area contributed by atoms with E-state index >= 15 is 0 Å². The molecule has 1 heterocycles. The number of ether oxygens (including phenoxy) is 1. The van der Waals surface area contributed by atoms with Crippen LogP contribution < -0.4 is 9.46 Å². The monoisotopic (exact) mass is 400 g/mol. The molecule has 0 saturated carbocycles. The zero-order valence-electron chi connectivity index (χ0n) is 16.7. The minimum Gasteiger partial charge on any atom is -0.593 e. The zero-order valence-corrected chi connectivity index (χ0v) is 17.5. The van der Waals surface area contributed by atoms with Crippen LogP contribution >= 0.6 is 0 Å². The van der Waals surface area contributed by atoms with Gasteiger partial charge < -0.3 is 9.29 Å². The summed E-state index contributed by atoms with van der Waals surface area (Å²) in [6.45, 7) is 8.24. The van der Waals surface area contributed by atoms with Crippen LogP contribution in [0.15, 0.2) is 53.4 Å². The number of carbonyl (C=O) groups is 1. The number of hydrogen-bond acceptors (Lipinski definition) is 5. The van der Waals surface area contributed by atoms with Crippen LogP contribution in [0, 0.1) is 0 Å². The number of nitrogens with one attached hydrogen (secondary N) is 1. The number of hydrogen-bond donors (Lipinski definition) is 1. The first-order chi connectivity index (χ1) is 13.4. The minimum absolute atomic E-state index is 0.0179. The maximum atomic E-state index is 12.6. The third kappa shape index (κ3) is 5.82. The first-order valence-corrected chi connectivity index (χ1v) is 10.8. The van der Waals surface area contributed by atoms with Gasteiger partial charge in [0.1, 0.15) is 5.75 Å². The molecule has 5 nitrogen and oxygen atoms in total. The Morgan fingerprint density at radius 3 is 2.71 bits per heavy atom. The Kier molecular flexibility index (Phi) is 7.13. The van der Waals surface area contributed by atoms with Gasteiger partial charge in [-0.2, -0.15) is 0 Å². The fourth-order valence-corrected chi connectivity index (χ4v) is 4.39. The quantitative estimate of drug-likeness (QED) is 0.542. The molecule has 1 N–H and O–H groups in total. The van der Waals surface area contributed by atoms with Gasteiger partial charge in [-0.3, -0.25) is 9.69 Å². The number of rotatable bonds is 8. The molecule has 3 rings (SSSR count). The van der Waals surface area contributed by atoms with Gasteiger partial charge in [-0.15, -0.1) is 4.72 Å². The van der Waals surface area contributed by atoms with Crippen LogP contribution in [0.1, 0.15) is 43.1 Å². The van der Waals surface area contributed by atoms with Gasteiger partial charge in [0.05, 0.1) is 23.5 Å². The molecule has 0 bridgehead atoms. The van der Waals surface area contributed by atoms with Crippen molar-refractivity contribution in [2.75, 3.05) is 13.1 Å². The second-order valence-electron chi connectivity index (χ2n) is 7.50. The largest absolute Gasteiger partial charge is 0.593 e. The first kappa shape index (κ1) is 20.9. The summed E-state index contributed by atoms with van der Waals surface area (Å²) in [7, 11) is 0. The standard InChI is InChI=1S/C22H28N2O3S/c1-16(2)27-21-9-7-18(8-10-21)14-24-12-11-20(15-24)23-28(26)22-6-4-5-19(13-22)17(3)25/h4-10,13,16,20,23H,11-12,14-15H2,1-3H3/t20-,28+/m1/s1. The Balaban J connectivity index is 1.51. The second-order valence-corrected chi connectivity index (χ2v) is 8.75. The lowest BCUT2D eigenvalue weighted by Gasteiger charge is -2.18. The topological polar surface area (TPSA) is 64.6 Å². The van der Waals surface area contributed by atoms with Gasteiger partial charge in [0.25, 0.3) is 0 Å². The summed E-state index contributed by atoms with van der Waals surface area (Å²) in [5.74, 6) is 0.874. The van der Waals surface area contributed by atoms with Gasteiger partial charge in [-0.05, 0) is 51.0 Å². The molecular formula is C22H28N2O3S. The fourth-order valence-electron chi connectivity index (χ4n) is 3.33. The lowest BCUT2D eigenvalue weighted by Crippen LogP contribution is -2.37. The molecule has 2 aromatic carbocycles. The van der Waals surface area contributed by atoms with Gasteiger partial charge in [-0.1, -0.05) is 24.3 Å². The first-order valence-electron chi connectivity index (χ1n) is 9.67. The van der Waals surface area contributed by atoms with Crippen molar-refractivity contribution in [2.24, 2.45) is 0 Å². The minimum atomic E-state index is -1.32. The van der Waals surface area contributed by atoms with Crippen LogP contribution in [-0.2, 0) is 17.9 Å². The van der Waals surface area contributed by atoms with E-state index in [2.05, 4.69) is 21.8 Å². The van der Waals surface area contributed by atoms with Crippen LogP contribution in [0.3, 0.4) is 0 Å². The summed E-state index contributed by atoms with van der Waals surface area (Å²) in [6.07, 6.45) is 1.13. The third-order valence-electron chi connectivity index (χ3n) is 4.70. The zero-order chi connectivity index (χ0) is 20.1. The second kappa shape index (κ2) is 9.56. The molecule has 28 heavy (non-hydrogen) atoms. The molecule has 6 heteroatoms.